The van der Waals surface area contributed by atoms with Gasteiger partial charge in [0.25, 0.3) is 0 Å². The average Bonchev–Trinajstić information content (AvgIpc) is 2.38. The van der Waals surface area contributed by atoms with Crippen LogP contribution in [0.2, 0.25) is 0 Å². The Hall–Kier alpha value is -1.69. The Bertz CT molecular complexity index is 465. The summed E-state index contributed by atoms with van der Waals surface area (Å²) >= 11 is 1.76. The summed E-state index contributed by atoms with van der Waals surface area (Å²) in [4.78, 5) is 22.3. The van der Waals surface area contributed by atoms with E-state index in [-0.39, 0.29) is 12.5 Å². The summed E-state index contributed by atoms with van der Waals surface area (Å²) in [6.45, 7) is 2.72. The van der Waals surface area contributed by atoms with Gasteiger partial charge in [-0.1, -0.05) is 19.1 Å². The third-order valence-electron chi connectivity index (χ3n) is 2.78. The zero-order valence-corrected chi connectivity index (χ0v) is 12.5. The third kappa shape index (κ3) is 6.47. The van der Waals surface area contributed by atoms with Crippen LogP contribution >= 0.6 is 11.8 Å². The first-order valence-corrected chi connectivity index (χ1v) is 7.68. The summed E-state index contributed by atoms with van der Waals surface area (Å²) in [5, 5.41) is 14.7. The monoisotopic (exact) mass is 296 g/mol. The highest BCUT2D eigenvalue weighted by Crippen LogP contribution is 2.11. The van der Waals surface area contributed by atoms with Gasteiger partial charge in [-0.05, 0) is 30.4 Å². The lowest BCUT2D eigenvalue weighted by Gasteiger charge is -2.10. The molecule has 0 bridgehead atoms. The van der Waals surface area contributed by atoms with Crippen molar-refractivity contribution in [2.75, 3.05) is 18.1 Å². The normalized spacial score (nSPS) is 11.7. The fourth-order valence-electron chi connectivity index (χ4n) is 1.62. The van der Waals surface area contributed by atoms with Crippen LogP contribution in [0, 0.1) is 0 Å². The molecule has 0 heterocycles. The molecule has 0 aliphatic rings. The fraction of sp³-hybridized carbons (Fsp3) is 0.429. The van der Waals surface area contributed by atoms with E-state index in [9.17, 15) is 9.59 Å². The SMILES string of the molecule is CSC(C)CCNC(=O)Nc1cccc(CC(=O)O)c1. The largest absolute Gasteiger partial charge is 0.481 e. The molecule has 0 radical (unpaired) electrons. The molecule has 110 valence electrons. The Labute approximate surface area is 123 Å². The van der Waals surface area contributed by atoms with Crippen molar-refractivity contribution in [3.05, 3.63) is 29.8 Å². The summed E-state index contributed by atoms with van der Waals surface area (Å²) in [5.41, 5.74) is 1.26. The molecule has 0 saturated carbocycles. The van der Waals surface area contributed by atoms with E-state index in [1.807, 2.05) is 6.26 Å². The second-order valence-electron chi connectivity index (χ2n) is 4.49. The van der Waals surface area contributed by atoms with Crippen molar-refractivity contribution in [3.63, 3.8) is 0 Å². The van der Waals surface area contributed by atoms with Gasteiger partial charge in [0.2, 0.25) is 0 Å². The molecule has 20 heavy (non-hydrogen) atoms. The molecule has 1 atom stereocenters. The predicted octanol–water partition coefficient (Wildman–Crippen LogP) is 2.58. The number of rotatable bonds is 7. The Morgan fingerprint density at radius 1 is 1.40 bits per heavy atom. The molecule has 1 unspecified atom stereocenters. The standard InChI is InChI=1S/C14H20N2O3S/c1-10(20-2)6-7-15-14(19)16-12-5-3-4-11(8-12)9-13(17)18/h3-5,8,10H,6-7,9H2,1-2H3,(H,17,18)(H2,15,16,19). The molecule has 5 nitrogen and oxygen atoms in total. The second kappa shape index (κ2) is 8.47. The lowest BCUT2D eigenvalue weighted by Crippen LogP contribution is -2.30. The zero-order valence-electron chi connectivity index (χ0n) is 11.7. The second-order valence-corrected chi connectivity index (χ2v) is 5.76. The van der Waals surface area contributed by atoms with Crippen LogP contribution in [0.4, 0.5) is 10.5 Å². The van der Waals surface area contributed by atoms with Gasteiger partial charge < -0.3 is 15.7 Å². The maximum atomic E-state index is 11.7. The van der Waals surface area contributed by atoms with Crippen LogP contribution in [0.25, 0.3) is 0 Å². The molecule has 0 aliphatic heterocycles. The molecule has 0 spiro atoms. The summed E-state index contributed by atoms with van der Waals surface area (Å²) in [6, 6.07) is 6.57. The van der Waals surface area contributed by atoms with Crippen LogP contribution in [0.3, 0.4) is 0 Å². The Morgan fingerprint density at radius 2 is 2.15 bits per heavy atom. The smallest absolute Gasteiger partial charge is 0.319 e. The van der Waals surface area contributed by atoms with Gasteiger partial charge in [-0.2, -0.15) is 11.8 Å². The number of hydrogen-bond donors (Lipinski definition) is 3. The van der Waals surface area contributed by atoms with E-state index in [0.717, 1.165) is 6.42 Å². The lowest BCUT2D eigenvalue weighted by atomic mass is 10.1. The van der Waals surface area contributed by atoms with Gasteiger partial charge in [0.05, 0.1) is 6.42 Å². The van der Waals surface area contributed by atoms with Crippen LogP contribution in [0.15, 0.2) is 24.3 Å². The van der Waals surface area contributed by atoms with E-state index in [1.54, 1.807) is 36.0 Å². The minimum Gasteiger partial charge on any atom is -0.481 e. The number of anilines is 1. The summed E-state index contributed by atoms with van der Waals surface area (Å²) in [6.07, 6.45) is 2.90. The van der Waals surface area contributed by atoms with Crippen LogP contribution < -0.4 is 10.6 Å². The number of carboxylic acid groups (broad SMARTS) is 1. The maximum absolute atomic E-state index is 11.7. The van der Waals surface area contributed by atoms with E-state index in [1.165, 1.54) is 0 Å². The molecule has 2 amide bonds. The fourth-order valence-corrected chi connectivity index (χ4v) is 1.97. The van der Waals surface area contributed by atoms with E-state index in [4.69, 9.17) is 5.11 Å². The van der Waals surface area contributed by atoms with Gasteiger partial charge in [0.1, 0.15) is 0 Å². The number of carbonyl (C=O) groups excluding carboxylic acids is 1. The van der Waals surface area contributed by atoms with Crippen molar-refractivity contribution in [1.29, 1.82) is 0 Å². The molecule has 1 aromatic carbocycles. The van der Waals surface area contributed by atoms with Gasteiger partial charge >= 0.3 is 12.0 Å². The molecule has 0 aliphatic carbocycles. The molecule has 1 rings (SSSR count). The van der Waals surface area contributed by atoms with Crippen molar-refractivity contribution < 1.29 is 14.7 Å². The van der Waals surface area contributed by atoms with E-state index < -0.39 is 5.97 Å². The average molecular weight is 296 g/mol. The Kier molecular flexibility index (Phi) is 6.93. The van der Waals surface area contributed by atoms with Crippen LogP contribution in [0.1, 0.15) is 18.9 Å². The number of amides is 2. The molecular weight excluding hydrogens is 276 g/mol. The van der Waals surface area contributed by atoms with Gasteiger partial charge in [-0.25, -0.2) is 4.79 Å². The number of nitrogens with one attached hydrogen (secondary N) is 2. The first kappa shape index (κ1) is 16.4. The summed E-state index contributed by atoms with van der Waals surface area (Å²) < 4.78 is 0. The first-order valence-electron chi connectivity index (χ1n) is 6.39. The number of carbonyl (C=O) groups is 2. The topological polar surface area (TPSA) is 78.4 Å². The van der Waals surface area contributed by atoms with Crippen LogP contribution in [0.5, 0.6) is 0 Å². The molecular formula is C14H20N2O3S. The van der Waals surface area contributed by atoms with Gasteiger partial charge in [-0.15, -0.1) is 0 Å². The summed E-state index contributed by atoms with van der Waals surface area (Å²) in [7, 11) is 0. The summed E-state index contributed by atoms with van der Waals surface area (Å²) in [5.74, 6) is -0.891. The molecule has 1 aromatic rings. The Balaban J connectivity index is 2.43. The van der Waals surface area contributed by atoms with E-state index >= 15 is 0 Å². The number of aliphatic carboxylic acids is 1. The highest BCUT2D eigenvalue weighted by Gasteiger charge is 2.05. The van der Waals surface area contributed by atoms with Crippen molar-refractivity contribution in [2.45, 2.75) is 25.0 Å². The van der Waals surface area contributed by atoms with Gasteiger partial charge in [-0.3, -0.25) is 4.79 Å². The molecule has 0 aromatic heterocycles. The number of benzene rings is 1. The van der Waals surface area contributed by atoms with Gasteiger partial charge in [0, 0.05) is 17.5 Å². The van der Waals surface area contributed by atoms with Crippen LogP contribution in [-0.2, 0) is 11.2 Å². The maximum Gasteiger partial charge on any atom is 0.319 e. The van der Waals surface area contributed by atoms with Crippen molar-refractivity contribution >= 4 is 29.4 Å². The third-order valence-corrected chi connectivity index (χ3v) is 3.82. The predicted molar refractivity (Wildman–Crippen MR) is 82.4 cm³/mol. The van der Waals surface area contributed by atoms with E-state index in [2.05, 4.69) is 17.6 Å². The minimum atomic E-state index is -0.891. The Morgan fingerprint density at radius 3 is 2.80 bits per heavy atom. The molecule has 3 N–H and O–H groups in total. The molecule has 0 fully saturated rings. The highest BCUT2D eigenvalue weighted by molar-refractivity contribution is 7.99. The minimum absolute atomic E-state index is 0.0532. The van der Waals surface area contributed by atoms with Crippen LogP contribution in [-0.4, -0.2) is 35.2 Å². The van der Waals surface area contributed by atoms with Crippen molar-refractivity contribution in [2.24, 2.45) is 0 Å². The first-order chi connectivity index (χ1) is 9.51. The van der Waals surface area contributed by atoms with E-state index in [0.29, 0.717) is 23.0 Å². The lowest BCUT2D eigenvalue weighted by molar-refractivity contribution is -0.136. The van der Waals surface area contributed by atoms with Crippen molar-refractivity contribution in [1.82, 2.24) is 5.32 Å². The highest BCUT2D eigenvalue weighted by atomic mass is 32.2. The number of hydrogen-bond acceptors (Lipinski definition) is 3. The number of urea groups is 1. The number of carboxylic acids is 1. The molecule has 6 heteroatoms. The van der Waals surface area contributed by atoms with Gasteiger partial charge in [0.15, 0.2) is 0 Å². The van der Waals surface area contributed by atoms with Crippen molar-refractivity contribution in [3.8, 4) is 0 Å². The number of thioether (sulfide) groups is 1. The quantitative estimate of drug-likeness (QED) is 0.722. The molecule has 0 saturated heterocycles. The zero-order chi connectivity index (χ0) is 15.0.